The molecule has 0 saturated heterocycles. The predicted molar refractivity (Wildman–Crippen MR) is 95.4 cm³/mol. The van der Waals surface area contributed by atoms with Crippen molar-refractivity contribution in [3.8, 4) is 5.75 Å². The van der Waals surface area contributed by atoms with Gasteiger partial charge in [-0.25, -0.2) is 0 Å². The Morgan fingerprint density at radius 3 is 2.96 bits per heavy atom. The highest BCUT2D eigenvalue weighted by Crippen LogP contribution is 2.37. The van der Waals surface area contributed by atoms with Crippen LogP contribution in [0.2, 0.25) is 0 Å². The maximum atomic E-state index is 12.8. The van der Waals surface area contributed by atoms with Crippen molar-refractivity contribution in [2.45, 2.75) is 0 Å². The third-order valence-corrected chi connectivity index (χ3v) is 3.70. The van der Waals surface area contributed by atoms with Crippen LogP contribution in [0.5, 0.6) is 5.75 Å². The summed E-state index contributed by atoms with van der Waals surface area (Å²) < 4.78 is 15.8. The number of nitrogens with one attached hydrogen (secondary N) is 1. The average Bonchev–Trinajstić information content (AvgIpc) is 3.12. The second-order valence-corrected chi connectivity index (χ2v) is 5.59. The van der Waals surface area contributed by atoms with Gasteiger partial charge in [0, 0.05) is 25.4 Å². The number of fused-ring (bicyclic) bond motifs is 1. The highest BCUT2D eigenvalue weighted by atomic mass is 16.5. The Morgan fingerprint density at radius 1 is 1.38 bits per heavy atom. The minimum atomic E-state index is -0.457. The van der Waals surface area contributed by atoms with Gasteiger partial charge in [0.2, 0.25) is 5.91 Å². The third-order valence-electron chi connectivity index (χ3n) is 3.70. The van der Waals surface area contributed by atoms with Gasteiger partial charge < -0.3 is 24.9 Å². The topological polar surface area (TPSA) is 107 Å². The van der Waals surface area contributed by atoms with E-state index in [9.17, 15) is 9.59 Å². The third kappa shape index (κ3) is 3.86. The fraction of sp³-hybridized carbons (Fsp3) is 0.222. The van der Waals surface area contributed by atoms with E-state index in [4.69, 9.17) is 19.6 Å². The highest BCUT2D eigenvalue weighted by molar-refractivity contribution is 6.12. The van der Waals surface area contributed by atoms with Crippen LogP contribution in [0.25, 0.3) is 6.08 Å². The zero-order chi connectivity index (χ0) is 18.5. The molecule has 3 rings (SSSR count). The van der Waals surface area contributed by atoms with Gasteiger partial charge in [-0.3, -0.25) is 14.5 Å². The molecule has 1 aromatic heterocycles. The molecule has 0 aliphatic carbocycles. The number of hydrogen-bond donors (Lipinski definition) is 2. The van der Waals surface area contributed by atoms with Crippen molar-refractivity contribution in [1.82, 2.24) is 5.32 Å². The first-order valence-electron chi connectivity index (χ1n) is 7.98. The first kappa shape index (κ1) is 17.6. The number of nitrogens with zero attached hydrogens (tertiary/aromatic N) is 1. The molecule has 3 N–H and O–H groups in total. The minimum Gasteiger partial charge on any atom is -0.465 e. The smallest absolute Gasteiger partial charge is 0.294 e. The van der Waals surface area contributed by atoms with E-state index in [0.29, 0.717) is 36.0 Å². The summed E-state index contributed by atoms with van der Waals surface area (Å²) in [6.07, 6.45) is 2.98. The van der Waals surface area contributed by atoms with Crippen molar-refractivity contribution in [2.75, 3.05) is 37.4 Å². The van der Waals surface area contributed by atoms with Gasteiger partial charge in [0.25, 0.3) is 5.91 Å². The molecule has 2 amide bonds. The largest absolute Gasteiger partial charge is 0.465 e. The second kappa shape index (κ2) is 7.75. The number of nitrogens with two attached hydrogens (primary N) is 1. The highest BCUT2D eigenvalue weighted by Gasteiger charge is 2.32. The van der Waals surface area contributed by atoms with E-state index in [1.54, 1.807) is 37.4 Å². The number of carbonyl (C=O) groups excluding carboxylic acids is 2. The molecule has 0 unspecified atom stereocenters. The summed E-state index contributed by atoms with van der Waals surface area (Å²) in [5.41, 5.74) is 6.72. The number of benzene rings is 1. The summed E-state index contributed by atoms with van der Waals surface area (Å²) >= 11 is 0. The minimum absolute atomic E-state index is 0.0573. The average molecular weight is 357 g/mol. The summed E-state index contributed by atoms with van der Waals surface area (Å²) in [6, 6.07) is 8.32. The lowest BCUT2D eigenvalue weighted by Gasteiger charge is -2.30. The van der Waals surface area contributed by atoms with Crippen molar-refractivity contribution in [1.29, 1.82) is 0 Å². The van der Waals surface area contributed by atoms with Gasteiger partial charge in [-0.2, -0.15) is 0 Å². The molecular weight excluding hydrogens is 338 g/mol. The summed E-state index contributed by atoms with van der Waals surface area (Å²) in [6.45, 7) is 0.570. The van der Waals surface area contributed by atoms with Crippen LogP contribution in [0.4, 0.5) is 11.4 Å². The van der Waals surface area contributed by atoms with Gasteiger partial charge in [-0.15, -0.1) is 0 Å². The number of rotatable bonds is 6. The number of methoxy groups -OCH3 is 1. The van der Waals surface area contributed by atoms with Crippen LogP contribution in [-0.4, -0.2) is 38.6 Å². The monoisotopic (exact) mass is 357 g/mol. The normalized spacial score (nSPS) is 14.9. The quantitative estimate of drug-likeness (QED) is 0.460. The maximum Gasteiger partial charge on any atom is 0.294 e. The van der Waals surface area contributed by atoms with E-state index in [-0.39, 0.29) is 18.2 Å². The SMILES string of the molecule is COCCNC(=O)CN1C(=O)/C(=C\c2ccco2)Oc2ccc(N)cc21. The van der Waals surface area contributed by atoms with Crippen molar-refractivity contribution >= 4 is 29.3 Å². The summed E-state index contributed by atoms with van der Waals surface area (Å²) in [7, 11) is 1.54. The molecule has 8 nitrogen and oxygen atoms in total. The molecule has 8 heteroatoms. The molecule has 0 spiro atoms. The fourth-order valence-corrected chi connectivity index (χ4v) is 2.48. The Hall–Kier alpha value is -3.26. The molecule has 0 radical (unpaired) electrons. The first-order chi connectivity index (χ1) is 12.6. The molecule has 2 heterocycles. The Bertz CT molecular complexity index is 829. The van der Waals surface area contributed by atoms with E-state index < -0.39 is 5.91 Å². The molecule has 0 bridgehead atoms. The molecule has 1 aromatic carbocycles. The van der Waals surface area contributed by atoms with Gasteiger partial charge in [0.15, 0.2) is 11.5 Å². The number of ether oxygens (including phenoxy) is 2. The van der Waals surface area contributed by atoms with Crippen molar-refractivity contribution in [3.63, 3.8) is 0 Å². The van der Waals surface area contributed by atoms with E-state index in [0.717, 1.165) is 0 Å². The zero-order valence-corrected chi connectivity index (χ0v) is 14.2. The number of nitrogen functional groups attached to an aromatic ring is 1. The molecule has 1 aliphatic rings. The van der Waals surface area contributed by atoms with Gasteiger partial charge >= 0.3 is 0 Å². The van der Waals surface area contributed by atoms with Crippen LogP contribution in [0.3, 0.4) is 0 Å². The second-order valence-electron chi connectivity index (χ2n) is 5.59. The number of hydrogen-bond acceptors (Lipinski definition) is 6. The Balaban J connectivity index is 1.88. The van der Waals surface area contributed by atoms with E-state index >= 15 is 0 Å². The van der Waals surface area contributed by atoms with Crippen LogP contribution >= 0.6 is 0 Å². The molecule has 0 saturated carbocycles. The van der Waals surface area contributed by atoms with Crippen LogP contribution in [-0.2, 0) is 14.3 Å². The lowest BCUT2D eigenvalue weighted by Crippen LogP contribution is -2.44. The predicted octanol–water partition coefficient (Wildman–Crippen LogP) is 1.39. The first-order valence-corrected chi connectivity index (χ1v) is 7.98. The standard InChI is InChI=1S/C18H19N3O5/c1-24-8-6-20-17(22)11-21-14-9-12(19)4-5-15(14)26-16(18(21)23)10-13-3-2-7-25-13/h2-5,7,9-10H,6,8,11,19H2,1H3,(H,20,22)/b16-10+. The Kier molecular flexibility index (Phi) is 5.23. The molecular formula is C18H19N3O5. The lowest BCUT2D eigenvalue weighted by molar-refractivity contribution is -0.123. The van der Waals surface area contributed by atoms with Crippen LogP contribution in [0.1, 0.15) is 5.76 Å². The summed E-state index contributed by atoms with van der Waals surface area (Å²) in [5.74, 6) is 0.185. The number of amides is 2. The summed E-state index contributed by atoms with van der Waals surface area (Å²) in [4.78, 5) is 26.3. The van der Waals surface area contributed by atoms with Crippen molar-refractivity contribution in [3.05, 3.63) is 48.1 Å². The van der Waals surface area contributed by atoms with Gasteiger partial charge in [-0.1, -0.05) is 0 Å². The molecule has 136 valence electrons. The lowest BCUT2D eigenvalue weighted by atomic mass is 10.2. The van der Waals surface area contributed by atoms with Crippen LogP contribution in [0.15, 0.2) is 46.8 Å². The van der Waals surface area contributed by atoms with Crippen molar-refractivity contribution < 1.29 is 23.5 Å². The zero-order valence-electron chi connectivity index (χ0n) is 14.2. The Labute approximate surface area is 150 Å². The number of carbonyl (C=O) groups is 2. The molecule has 0 fully saturated rings. The van der Waals surface area contributed by atoms with Crippen LogP contribution < -0.4 is 20.7 Å². The van der Waals surface area contributed by atoms with E-state index in [2.05, 4.69) is 5.32 Å². The molecule has 26 heavy (non-hydrogen) atoms. The van der Waals surface area contributed by atoms with Crippen molar-refractivity contribution in [2.24, 2.45) is 0 Å². The fourth-order valence-electron chi connectivity index (χ4n) is 2.48. The van der Waals surface area contributed by atoms with Gasteiger partial charge in [0.05, 0.1) is 18.6 Å². The number of anilines is 2. The van der Waals surface area contributed by atoms with Gasteiger partial charge in [-0.05, 0) is 30.3 Å². The maximum absolute atomic E-state index is 12.8. The molecule has 1 aliphatic heterocycles. The Morgan fingerprint density at radius 2 is 2.23 bits per heavy atom. The van der Waals surface area contributed by atoms with E-state index in [1.165, 1.54) is 17.2 Å². The van der Waals surface area contributed by atoms with Gasteiger partial charge in [0.1, 0.15) is 12.3 Å². The molecule has 2 aromatic rings. The summed E-state index contributed by atoms with van der Waals surface area (Å²) in [5, 5.41) is 2.69. The number of furan rings is 1. The van der Waals surface area contributed by atoms with Crippen LogP contribution in [0, 0.1) is 0 Å². The molecule has 0 atom stereocenters. The van der Waals surface area contributed by atoms with E-state index in [1.807, 2.05) is 0 Å².